The monoisotopic (exact) mass is 431 g/mol. The summed E-state index contributed by atoms with van der Waals surface area (Å²) in [5.74, 6) is 0. The predicted octanol–water partition coefficient (Wildman–Crippen LogP) is 6.19. The summed E-state index contributed by atoms with van der Waals surface area (Å²) in [5, 5.41) is 4.60. The molecule has 2 atom stereocenters. The molecule has 3 aromatic carbocycles. The zero-order chi connectivity index (χ0) is 22.5. The lowest BCUT2D eigenvalue weighted by atomic mass is 9.98. The molecule has 0 aliphatic heterocycles. The van der Waals surface area contributed by atoms with Crippen molar-refractivity contribution in [1.82, 2.24) is 5.32 Å². The number of ether oxygens (including phenoxy) is 1. The molecule has 1 amide bonds. The van der Waals surface area contributed by atoms with E-state index in [1.807, 2.05) is 45.0 Å². The molecule has 162 valence electrons. The lowest BCUT2D eigenvalue weighted by molar-refractivity contribution is 0.0501. The van der Waals surface area contributed by atoms with E-state index >= 15 is 0 Å². The normalized spacial score (nSPS) is 13.8. The lowest BCUT2D eigenvalue weighted by Gasteiger charge is -2.40. The molecule has 1 N–H and O–H groups in total. The van der Waals surface area contributed by atoms with Crippen LogP contribution in [0.25, 0.3) is 0 Å². The van der Waals surface area contributed by atoms with E-state index in [-0.39, 0.29) is 17.7 Å². The van der Waals surface area contributed by atoms with Crippen LogP contribution in [0.15, 0.2) is 91.0 Å². The fourth-order valence-electron chi connectivity index (χ4n) is 4.19. The van der Waals surface area contributed by atoms with Crippen molar-refractivity contribution in [2.75, 3.05) is 0 Å². The van der Waals surface area contributed by atoms with E-state index in [4.69, 9.17) is 4.74 Å². The van der Waals surface area contributed by atoms with Gasteiger partial charge in [-0.05, 0) is 31.9 Å². The number of alkyl carbamates (subject to hydrolysis) is 1. The standard InChI is InChI=1S/C27H33NO2Si/c1-27(2,3)30-26(29)28-24(21-15-9-6-10-16-21)25(22-17-11-7-12-18-22)31(4,5)23-19-13-8-14-20-23/h6-20,24-25H,1-5H3,(H,28,29)/t24-,25+/m1/s1. The molecular weight excluding hydrogens is 398 g/mol. The minimum absolute atomic E-state index is 0.117. The topological polar surface area (TPSA) is 38.3 Å². The molecule has 0 aliphatic rings. The first-order valence-corrected chi connectivity index (χ1v) is 13.9. The van der Waals surface area contributed by atoms with Gasteiger partial charge in [-0.1, -0.05) is 109 Å². The number of nitrogens with one attached hydrogen (secondary N) is 1. The maximum Gasteiger partial charge on any atom is 0.408 e. The maximum atomic E-state index is 12.9. The van der Waals surface area contributed by atoms with Crippen molar-refractivity contribution in [3.8, 4) is 0 Å². The van der Waals surface area contributed by atoms with Crippen LogP contribution in [0, 0.1) is 0 Å². The Hall–Kier alpha value is -2.85. The third-order valence-electron chi connectivity index (χ3n) is 5.62. The molecule has 3 rings (SSSR count). The molecular formula is C27H33NO2Si. The Labute approximate surface area is 187 Å². The second kappa shape index (κ2) is 9.52. The quantitative estimate of drug-likeness (QED) is 0.473. The number of carbonyl (C=O) groups is 1. The van der Waals surface area contributed by atoms with Gasteiger partial charge in [0.2, 0.25) is 0 Å². The summed E-state index contributed by atoms with van der Waals surface area (Å²) in [6, 6.07) is 31.3. The van der Waals surface area contributed by atoms with E-state index in [9.17, 15) is 4.79 Å². The fourth-order valence-corrected chi connectivity index (χ4v) is 7.73. The lowest BCUT2D eigenvalue weighted by Crippen LogP contribution is -2.53. The summed E-state index contributed by atoms with van der Waals surface area (Å²) < 4.78 is 5.66. The van der Waals surface area contributed by atoms with Gasteiger partial charge in [-0.25, -0.2) is 4.79 Å². The number of rotatable bonds is 6. The van der Waals surface area contributed by atoms with Gasteiger partial charge < -0.3 is 10.1 Å². The van der Waals surface area contributed by atoms with Crippen LogP contribution in [0.1, 0.15) is 43.5 Å². The van der Waals surface area contributed by atoms with Crippen molar-refractivity contribution < 1.29 is 9.53 Å². The van der Waals surface area contributed by atoms with Crippen molar-refractivity contribution in [1.29, 1.82) is 0 Å². The zero-order valence-electron chi connectivity index (χ0n) is 19.1. The Kier molecular flexibility index (Phi) is 7.01. The number of amides is 1. The van der Waals surface area contributed by atoms with Crippen LogP contribution in [-0.4, -0.2) is 19.8 Å². The van der Waals surface area contributed by atoms with E-state index in [1.54, 1.807) is 0 Å². The van der Waals surface area contributed by atoms with Crippen LogP contribution in [0.4, 0.5) is 4.79 Å². The van der Waals surface area contributed by atoms with Crippen LogP contribution in [-0.2, 0) is 4.74 Å². The van der Waals surface area contributed by atoms with Crippen LogP contribution >= 0.6 is 0 Å². The summed E-state index contributed by atoms with van der Waals surface area (Å²) in [6.07, 6.45) is -0.389. The molecule has 4 heteroatoms. The number of benzene rings is 3. The van der Waals surface area contributed by atoms with Gasteiger partial charge in [0.05, 0.1) is 14.1 Å². The molecule has 0 aliphatic carbocycles. The molecule has 0 fully saturated rings. The Morgan fingerprint density at radius 1 is 0.774 bits per heavy atom. The molecule has 31 heavy (non-hydrogen) atoms. The SMILES string of the molecule is CC(C)(C)OC(=O)N[C@H](c1ccccc1)[C@H](c1ccccc1)[Si](C)(C)c1ccccc1. The molecule has 0 bridgehead atoms. The number of hydrogen-bond acceptors (Lipinski definition) is 2. The first kappa shape index (κ1) is 22.8. The van der Waals surface area contributed by atoms with Gasteiger partial charge in [-0.3, -0.25) is 0 Å². The first-order valence-electron chi connectivity index (χ1n) is 10.8. The highest BCUT2D eigenvalue weighted by atomic mass is 28.3. The molecule has 0 radical (unpaired) electrons. The average Bonchev–Trinajstić information content (AvgIpc) is 2.74. The Morgan fingerprint density at radius 3 is 1.71 bits per heavy atom. The smallest absolute Gasteiger partial charge is 0.408 e. The van der Waals surface area contributed by atoms with Crippen LogP contribution in [0.3, 0.4) is 0 Å². The molecule has 0 spiro atoms. The molecule has 3 nitrogen and oxygen atoms in total. The van der Waals surface area contributed by atoms with E-state index < -0.39 is 13.7 Å². The van der Waals surface area contributed by atoms with Gasteiger partial charge in [0.1, 0.15) is 5.60 Å². The predicted molar refractivity (Wildman–Crippen MR) is 131 cm³/mol. The zero-order valence-corrected chi connectivity index (χ0v) is 20.1. The van der Waals surface area contributed by atoms with Gasteiger partial charge in [0.15, 0.2) is 0 Å². The van der Waals surface area contributed by atoms with E-state index in [0.29, 0.717) is 0 Å². The van der Waals surface area contributed by atoms with Crippen molar-refractivity contribution in [3.05, 3.63) is 102 Å². The number of hydrogen-bond donors (Lipinski definition) is 1. The van der Waals surface area contributed by atoms with E-state index in [2.05, 4.69) is 85.1 Å². The summed E-state index contributed by atoms with van der Waals surface area (Å²) in [5.41, 5.74) is 1.87. The van der Waals surface area contributed by atoms with Gasteiger partial charge in [-0.2, -0.15) is 0 Å². The average molecular weight is 432 g/mol. The molecule has 0 heterocycles. The third kappa shape index (κ3) is 5.86. The maximum absolute atomic E-state index is 12.9. The van der Waals surface area contributed by atoms with Crippen LogP contribution < -0.4 is 10.5 Å². The summed E-state index contributed by atoms with van der Waals surface area (Å²) in [7, 11) is -2.09. The Morgan fingerprint density at radius 2 is 1.23 bits per heavy atom. The van der Waals surface area contributed by atoms with Gasteiger partial charge in [-0.15, -0.1) is 0 Å². The molecule has 0 saturated carbocycles. The Balaban J connectivity index is 2.12. The third-order valence-corrected chi connectivity index (χ3v) is 9.66. The summed E-state index contributed by atoms with van der Waals surface area (Å²) in [6.45, 7) is 10.4. The Bertz CT molecular complexity index is 966. The molecule has 0 saturated heterocycles. The second-order valence-corrected chi connectivity index (χ2v) is 14.2. The highest BCUT2D eigenvalue weighted by Gasteiger charge is 2.41. The van der Waals surface area contributed by atoms with Crippen molar-refractivity contribution in [3.63, 3.8) is 0 Å². The van der Waals surface area contributed by atoms with Crippen molar-refractivity contribution >= 4 is 19.4 Å². The van der Waals surface area contributed by atoms with Gasteiger partial charge in [0, 0.05) is 5.54 Å². The van der Waals surface area contributed by atoms with Gasteiger partial charge >= 0.3 is 6.09 Å². The minimum Gasteiger partial charge on any atom is -0.444 e. The van der Waals surface area contributed by atoms with E-state index in [0.717, 1.165) is 5.56 Å². The van der Waals surface area contributed by atoms with E-state index in [1.165, 1.54) is 10.8 Å². The van der Waals surface area contributed by atoms with Crippen molar-refractivity contribution in [2.45, 2.75) is 51.0 Å². The largest absolute Gasteiger partial charge is 0.444 e. The highest BCUT2D eigenvalue weighted by Crippen LogP contribution is 2.38. The first-order chi connectivity index (χ1) is 14.7. The van der Waals surface area contributed by atoms with Crippen molar-refractivity contribution in [2.24, 2.45) is 0 Å². The minimum atomic E-state index is -2.09. The summed E-state index contributed by atoms with van der Waals surface area (Å²) in [4.78, 5) is 12.9. The second-order valence-electron chi connectivity index (χ2n) is 9.51. The molecule has 0 aromatic heterocycles. The van der Waals surface area contributed by atoms with Crippen LogP contribution in [0.2, 0.25) is 13.1 Å². The van der Waals surface area contributed by atoms with Gasteiger partial charge in [0.25, 0.3) is 0 Å². The fraction of sp³-hybridized carbons (Fsp3) is 0.296. The number of carbonyl (C=O) groups excluding carboxylic acids is 1. The molecule has 3 aromatic rings. The molecule has 0 unspecified atom stereocenters. The highest BCUT2D eigenvalue weighted by molar-refractivity contribution is 6.91. The summed E-state index contributed by atoms with van der Waals surface area (Å²) >= 11 is 0. The van der Waals surface area contributed by atoms with Crippen LogP contribution in [0.5, 0.6) is 0 Å².